The van der Waals surface area contributed by atoms with Crippen molar-refractivity contribution in [3.63, 3.8) is 0 Å². The zero-order chi connectivity index (χ0) is 13.8. The molecule has 2 rings (SSSR count). The van der Waals surface area contributed by atoms with Crippen LogP contribution in [-0.4, -0.2) is 19.3 Å². The van der Waals surface area contributed by atoms with E-state index in [9.17, 15) is 0 Å². The van der Waals surface area contributed by atoms with Gasteiger partial charge in [-0.1, -0.05) is 11.6 Å². The Bertz CT molecular complexity index is 499. The quantitative estimate of drug-likeness (QED) is 0.924. The van der Waals surface area contributed by atoms with Gasteiger partial charge in [0.25, 0.3) is 0 Å². The summed E-state index contributed by atoms with van der Waals surface area (Å²) >= 11 is 6.16. The molecule has 1 aromatic carbocycles. The lowest BCUT2D eigenvalue weighted by molar-refractivity contribution is 0.140. The van der Waals surface area contributed by atoms with Gasteiger partial charge in [0.2, 0.25) is 0 Å². The van der Waals surface area contributed by atoms with E-state index in [2.05, 4.69) is 0 Å². The second kappa shape index (κ2) is 6.14. The van der Waals surface area contributed by atoms with Gasteiger partial charge in [0.1, 0.15) is 6.10 Å². The van der Waals surface area contributed by atoms with Crippen LogP contribution < -0.4 is 15.2 Å². The van der Waals surface area contributed by atoms with Gasteiger partial charge in [-0.25, -0.2) is 0 Å². The topological polar surface area (TPSA) is 68.3 Å². The van der Waals surface area contributed by atoms with Gasteiger partial charge in [-0.15, -0.1) is 0 Å². The Morgan fingerprint density at radius 3 is 2.84 bits per heavy atom. The van der Waals surface area contributed by atoms with Crippen LogP contribution in [0.1, 0.15) is 31.2 Å². The minimum atomic E-state index is 0.0584. The van der Waals surface area contributed by atoms with Crippen molar-refractivity contribution >= 4 is 11.6 Å². The standard InChI is InChI=1S/C14H17ClN2O2/c1-18-13-6-9(8-16)5-12(15)14(13)19-11-4-2-3-10(17)7-11/h5-6,10-11H,2-4,7,17H2,1H3. The first-order chi connectivity index (χ1) is 9.13. The molecule has 0 aromatic heterocycles. The van der Waals surface area contributed by atoms with E-state index < -0.39 is 0 Å². The van der Waals surface area contributed by atoms with Crippen molar-refractivity contribution in [1.29, 1.82) is 5.26 Å². The third kappa shape index (κ3) is 3.31. The molecule has 2 atom stereocenters. The highest BCUT2D eigenvalue weighted by molar-refractivity contribution is 6.32. The molecule has 0 radical (unpaired) electrons. The molecule has 5 heteroatoms. The Kier molecular flexibility index (Phi) is 4.52. The fourth-order valence-corrected chi connectivity index (χ4v) is 2.61. The van der Waals surface area contributed by atoms with Crippen LogP contribution in [0.5, 0.6) is 11.5 Å². The smallest absolute Gasteiger partial charge is 0.180 e. The summed E-state index contributed by atoms with van der Waals surface area (Å²) in [5.74, 6) is 0.991. The van der Waals surface area contributed by atoms with Crippen LogP contribution in [0.2, 0.25) is 5.02 Å². The van der Waals surface area contributed by atoms with E-state index in [-0.39, 0.29) is 12.1 Å². The summed E-state index contributed by atoms with van der Waals surface area (Å²) in [6.07, 6.45) is 3.94. The average molecular weight is 281 g/mol. The summed E-state index contributed by atoms with van der Waals surface area (Å²) in [4.78, 5) is 0. The molecule has 0 spiro atoms. The number of methoxy groups -OCH3 is 1. The van der Waals surface area contributed by atoms with Crippen molar-refractivity contribution in [2.24, 2.45) is 5.73 Å². The highest BCUT2D eigenvalue weighted by Gasteiger charge is 2.23. The van der Waals surface area contributed by atoms with Gasteiger partial charge < -0.3 is 15.2 Å². The zero-order valence-electron chi connectivity index (χ0n) is 10.9. The molecule has 0 saturated heterocycles. The lowest BCUT2D eigenvalue weighted by Crippen LogP contribution is -2.33. The number of nitriles is 1. The van der Waals surface area contributed by atoms with E-state index in [4.69, 9.17) is 32.1 Å². The van der Waals surface area contributed by atoms with Gasteiger partial charge in [0.05, 0.1) is 23.8 Å². The molecule has 2 unspecified atom stereocenters. The molecule has 1 fully saturated rings. The third-order valence-corrected chi connectivity index (χ3v) is 3.59. The molecule has 1 aliphatic rings. The summed E-state index contributed by atoms with van der Waals surface area (Å²) in [6, 6.07) is 5.44. The van der Waals surface area contributed by atoms with Gasteiger partial charge in [0.15, 0.2) is 11.5 Å². The maximum Gasteiger partial charge on any atom is 0.180 e. The van der Waals surface area contributed by atoms with Crippen molar-refractivity contribution in [2.45, 2.75) is 37.8 Å². The first-order valence-corrected chi connectivity index (χ1v) is 6.71. The molecule has 1 saturated carbocycles. The van der Waals surface area contributed by atoms with E-state index in [0.29, 0.717) is 22.1 Å². The SMILES string of the molecule is COc1cc(C#N)cc(Cl)c1OC1CCCC(N)C1. The molecule has 0 heterocycles. The number of nitrogens with two attached hydrogens (primary N) is 1. The van der Waals surface area contributed by atoms with Crippen LogP contribution in [0.4, 0.5) is 0 Å². The minimum absolute atomic E-state index is 0.0584. The number of hydrogen-bond donors (Lipinski definition) is 1. The number of halogens is 1. The van der Waals surface area contributed by atoms with Crippen molar-refractivity contribution in [3.8, 4) is 17.6 Å². The second-order valence-corrected chi connectivity index (χ2v) is 5.18. The average Bonchev–Trinajstić information content (AvgIpc) is 2.40. The molecule has 102 valence electrons. The summed E-state index contributed by atoms with van der Waals surface area (Å²) in [5, 5.41) is 9.31. The van der Waals surface area contributed by atoms with Crippen LogP contribution in [0.15, 0.2) is 12.1 Å². The van der Waals surface area contributed by atoms with Crippen LogP contribution in [-0.2, 0) is 0 Å². The Labute approximate surface area is 118 Å². The van der Waals surface area contributed by atoms with Gasteiger partial charge >= 0.3 is 0 Å². The van der Waals surface area contributed by atoms with Crippen molar-refractivity contribution in [1.82, 2.24) is 0 Å². The van der Waals surface area contributed by atoms with Crippen molar-refractivity contribution in [3.05, 3.63) is 22.7 Å². The molecular formula is C14H17ClN2O2. The molecule has 0 aliphatic heterocycles. The highest BCUT2D eigenvalue weighted by atomic mass is 35.5. The van der Waals surface area contributed by atoms with E-state index in [0.717, 1.165) is 25.7 Å². The maximum atomic E-state index is 8.91. The lowest BCUT2D eigenvalue weighted by Gasteiger charge is -2.28. The first-order valence-electron chi connectivity index (χ1n) is 6.34. The van der Waals surface area contributed by atoms with Crippen molar-refractivity contribution in [2.75, 3.05) is 7.11 Å². The number of ether oxygens (including phenoxy) is 2. The predicted octanol–water partition coefficient (Wildman–Crippen LogP) is 2.87. The van der Waals surface area contributed by atoms with E-state index in [1.54, 1.807) is 12.1 Å². The van der Waals surface area contributed by atoms with E-state index >= 15 is 0 Å². The van der Waals surface area contributed by atoms with Crippen LogP contribution in [0.25, 0.3) is 0 Å². The van der Waals surface area contributed by atoms with Gasteiger partial charge in [-0.05, 0) is 31.7 Å². The Morgan fingerprint density at radius 2 is 2.21 bits per heavy atom. The third-order valence-electron chi connectivity index (χ3n) is 3.31. The summed E-state index contributed by atoms with van der Waals surface area (Å²) in [5.41, 5.74) is 6.40. The molecule has 1 aromatic rings. The van der Waals surface area contributed by atoms with Gasteiger partial charge in [-0.3, -0.25) is 0 Å². The molecule has 19 heavy (non-hydrogen) atoms. The molecular weight excluding hydrogens is 264 g/mol. The molecule has 2 N–H and O–H groups in total. The predicted molar refractivity (Wildman–Crippen MR) is 73.6 cm³/mol. The molecule has 1 aliphatic carbocycles. The summed E-state index contributed by atoms with van der Waals surface area (Å²) in [7, 11) is 1.53. The summed E-state index contributed by atoms with van der Waals surface area (Å²) in [6.45, 7) is 0. The molecule has 4 nitrogen and oxygen atoms in total. The lowest BCUT2D eigenvalue weighted by atomic mass is 9.93. The first kappa shape index (κ1) is 14.0. The number of nitrogens with zero attached hydrogens (tertiary/aromatic N) is 1. The fraction of sp³-hybridized carbons (Fsp3) is 0.500. The largest absolute Gasteiger partial charge is 0.493 e. The Hall–Kier alpha value is -1.44. The fourth-order valence-electron chi connectivity index (χ4n) is 2.35. The Morgan fingerprint density at radius 1 is 1.42 bits per heavy atom. The van der Waals surface area contributed by atoms with E-state index in [1.807, 2.05) is 6.07 Å². The van der Waals surface area contributed by atoms with Gasteiger partial charge in [0, 0.05) is 12.1 Å². The minimum Gasteiger partial charge on any atom is -0.493 e. The van der Waals surface area contributed by atoms with Gasteiger partial charge in [-0.2, -0.15) is 5.26 Å². The highest BCUT2D eigenvalue weighted by Crippen LogP contribution is 2.38. The van der Waals surface area contributed by atoms with Crippen molar-refractivity contribution < 1.29 is 9.47 Å². The maximum absolute atomic E-state index is 8.91. The zero-order valence-corrected chi connectivity index (χ0v) is 11.6. The number of hydrogen-bond acceptors (Lipinski definition) is 4. The van der Waals surface area contributed by atoms with Crippen LogP contribution in [0, 0.1) is 11.3 Å². The normalized spacial score (nSPS) is 22.6. The van der Waals surface area contributed by atoms with Crippen LogP contribution >= 0.6 is 11.6 Å². The van der Waals surface area contributed by atoms with E-state index in [1.165, 1.54) is 7.11 Å². The van der Waals surface area contributed by atoms with Crippen LogP contribution in [0.3, 0.4) is 0 Å². The Balaban J connectivity index is 2.22. The molecule has 0 bridgehead atoms. The number of rotatable bonds is 3. The molecule has 0 amide bonds. The summed E-state index contributed by atoms with van der Waals surface area (Å²) < 4.78 is 11.2. The second-order valence-electron chi connectivity index (χ2n) is 4.77. The number of benzene rings is 1. The monoisotopic (exact) mass is 280 g/mol.